The fourth-order valence-electron chi connectivity index (χ4n) is 4.89. The smallest absolute Gasteiger partial charge is 0.325 e. The fraction of sp³-hybridized carbons (Fsp3) is 0.483. The molecule has 0 spiro atoms. The van der Waals surface area contributed by atoms with Gasteiger partial charge in [-0.2, -0.15) is 0 Å². The van der Waals surface area contributed by atoms with E-state index >= 15 is 0 Å². The van der Waals surface area contributed by atoms with Gasteiger partial charge in [0.1, 0.15) is 23.1 Å². The molecule has 0 aromatic heterocycles. The molecule has 2 aliphatic heterocycles. The fourth-order valence-corrected chi connectivity index (χ4v) is 4.89. The lowest BCUT2D eigenvalue weighted by Crippen LogP contribution is -2.54. The first-order chi connectivity index (χ1) is 18.4. The van der Waals surface area contributed by atoms with Crippen LogP contribution < -0.4 is 4.74 Å². The maximum atomic E-state index is 13.9. The predicted molar refractivity (Wildman–Crippen MR) is 150 cm³/mol. The molecule has 0 radical (unpaired) electrons. The van der Waals surface area contributed by atoms with Crippen LogP contribution in [0.2, 0.25) is 0 Å². The number of amides is 3. The van der Waals surface area contributed by atoms with Crippen molar-refractivity contribution in [1.82, 2.24) is 19.6 Å². The third-order valence-corrected chi connectivity index (χ3v) is 7.27. The number of carbonyl (C=O) groups is 2. The highest BCUT2D eigenvalue weighted by Crippen LogP contribution is 2.39. The Kier molecular flexibility index (Phi) is 8.06. The molecule has 1 saturated heterocycles. The lowest BCUT2D eigenvalue weighted by atomic mass is 9.85. The number of hydrogen-bond acceptors (Lipinski definition) is 7. The zero-order chi connectivity index (χ0) is 28.5. The number of amidine groups is 1. The third kappa shape index (κ3) is 6.11. The van der Waals surface area contributed by atoms with Crippen LogP contribution in [0.15, 0.2) is 41.4 Å². The predicted octanol–water partition coefficient (Wildman–Crippen LogP) is 3.03. The summed E-state index contributed by atoms with van der Waals surface area (Å²) in [5.74, 6) is 1.25. The van der Waals surface area contributed by atoms with Crippen LogP contribution in [0.25, 0.3) is 0 Å². The molecule has 2 aliphatic rings. The highest BCUT2D eigenvalue weighted by atomic mass is 16.5. The maximum absolute atomic E-state index is 13.9. The monoisotopic (exact) mass is 537 g/mol. The van der Waals surface area contributed by atoms with Gasteiger partial charge in [0.25, 0.3) is 0 Å². The Morgan fingerprint density at radius 2 is 1.69 bits per heavy atom. The van der Waals surface area contributed by atoms with E-state index in [1.165, 1.54) is 0 Å². The number of phenols is 2. The van der Waals surface area contributed by atoms with Crippen LogP contribution in [0.5, 0.6) is 17.2 Å². The Bertz CT molecular complexity index is 1240. The molecule has 39 heavy (non-hydrogen) atoms. The van der Waals surface area contributed by atoms with Gasteiger partial charge in [-0.15, -0.1) is 0 Å². The van der Waals surface area contributed by atoms with Crippen molar-refractivity contribution in [2.75, 3.05) is 60.5 Å². The number of nitrogens with zero attached hydrogens (tertiary/aromatic N) is 5. The first kappa shape index (κ1) is 28.2. The minimum Gasteiger partial charge on any atom is -0.508 e. The van der Waals surface area contributed by atoms with Gasteiger partial charge in [0, 0.05) is 45.8 Å². The quantitative estimate of drug-likeness (QED) is 0.607. The number of methoxy groups -OCH3 is 1. The molecule has 2 N–H and O–H groups in total. The number of aromatic hydroxyl groups is 2. The number of likely N-dealkylation sites (N-methyl/N-ethyl adjacent to an activating group) is 1. The third-order valence-electron chi connectivity index (χ3n) is 7.27. The van der Waals surface area contributed by atoms with Crippen LogP contribution in [-0.4, -0.2) is 108 Å². The molecule has 0 saturated carbocycles. The topological polar surface area (TPSA) is 109 Å². The summed E-state index contributed by atoms with van der Waals surface area (Å²) in [6, 6.07) is 9.71. The molecule has 0 bridgehead atoms. The van der Waals surface area contributed by atoms with Crippen molar-refractivity contribution >= 4 is 17.8 Å². The lowest BCUT2D eigenvalue weighted by molar-refractivity contribution is -0.130. The van der Waals surface area contributed by atoms with Gasteiger partial charge in [-0.25, -0.2) is 4.79 Å². The van der Waals surface area contributed by atoms with Gasteiger partial charge < -0.3 is 24.7 Å². The number of rotatable bonds is 5. The molecule has 0 unspecified atom stereocenters. The van der Waals surface area contributed by atoms with Gasteiger partial charge in [0.2, 0.25) is 5.91 Å². The second-order valence-electron chi connectivity index (χ2n) is 11.3. The molecule has 10 heteroatoms. The highest BCUT2D eigenvalue weighted by molar-refractivity contribution is 6.10. The van der Waals surface area contributed by atoms with Gasteiger partial charge in [0.15, 0.2) is 0 Å². The minimum absolute atomic E-state index is 0.0334. The summed E-state index contributed by atoms with van der Waals surface area (Å²) in [7, 11) is 5.04. The Balaban J connectivity index is 1.65. The Morgan fingerprint density at radius 1 is 1.05 bits per heavy atom. The number of benzene rings is 2. The molecule has 2 aromatic carbocycles. The van der Waals surface area contributed by atoms with Gasteiger partial charge >= 0.3 is 6.03 Å². The van der Waals surface area contributed by atoms with E-state index in [1.807, 2.05) is 26.8 Å². The molecule has 1 fully saturated rings. The number of piperazine rings is 1. The summed E-state index contributed by atoms with van der Waals surface area (Å²) in [6.07, 6.45) is 0. The van der Waals surface area contributed by atoms with Gasteiger partial charge in [0.05, 0.1) is 31.8 Å². The Morgan fingerprint density at radius 3 is 2.26 bits per heavy atom. The van der Waals surface area contributed by atoms with E-state index in [0.29, 0.717) is 56.4 Å². The van der Waals surface area contributed by atoms with Crippen LogP contribution >= 0.6 is 0 Å². The summed E-state index contributed by atoms with van der Waals surface area (Å²) < 4.78 is 5.73. The van der Waals surface area contributed by atoms with Crippen LogP contribution in [0.4, 0.5) is 4.79 Å². The maximum Gasteiger partial charge on any atom is 0.325 e. The number of hydrogen-bond donors (Lipinski definition) is 2. The van der Waals surface area contributed by atoms with Crippen molar-refractivity contribution in [1.29, 1.82) is 0 Å². The number of aliphatic imine (C=N–C) groups is 1. The van der Waals surface area contributed by atoms with Gasteiger partial charge in [-0.1, -0.05) is 32.9 Å². The van der Waals surface area contributed by atoms with E-state index in [2.05, 4.69) is 4.90 Å². The zero-order valence-corrected chi connectivity index (χ0v) is 23.6. The Labute approximate surface area is 230 Å². The van der Waals surface area contributed by atoms with E-state index in [1.54, 1.807) is 66.2 Å². The van der Waals surface area contributed by atoms with E-state index in [9.17, 15) is 19.8 Å². The van der Waals surface area contributed by atoms with E-state index < -0.39 is 0 Å². The first-order valence-corrected chi connectivity index (χ1v) is 13.2. The second-order valence-corrected chi connectivity index (χ2v) is 11.3. The normalized spacial score (nSPS) is 18.2. The van der Waals surface area contributed by atoms with E-state index in [4.69, 9.17) is 9.73 Å². The van der Waals surface area contributed by atoms with Crippen molar-refractivity contribution < 1.29 is 24.5 Å². The summed E-state index contributed by atoms with van der Waals surface area (Å²) in [5.41, 5.74) is 1.82. The van der Waals surface area contributed by atoms with Gasteiger partial charge in [-0.3, -0.25) is 19.6 Å². The molecule has 1 atom stereocenters. The van der Waals surface area contributed by atoms with Crippen molar-refractivity contribution in [2.45, 2.75) is 32.2 Å². The largest absolute Gasteiger partial charge is 0.508 e. The van der Waals surface area contributed by atoms with Crippen molar-refractivity contribution in [3.05, 3.63) is 53.1 Å². The van der Waals surface area contributed by atoms with Crippen molar-refractivity contribution in [2.24, 2.45) is 4.99 Å². The molecule has 10 nitrogen and oxygen atoms in total. The molecule has 4 rings (SSSR count). The lowest BCUT2D eigenvalue weighted by Gasteiger charge is -2.37. The number of ether oxygens (including phenoxy) is 1. The minimum atomic E-state index is -0.349. The van der Waals surface area contributed by atoms with E-state index in [-0.39, 0.29) is 34.9 Å². The standard InChI is InChI=1S/C29H39N5O5/c1-29(2,3)22-16-25(39-6)21(15-24(22)36)27-30-23(19-7-9-20(35)10-8-19)17-34(27)28(38)33-13-11-32(12-14-33)18-26(37)31(4)5/h7-10,15-16,23,35-36H,11-14,17-18H2,1-6H3/t23-/m1/s1. The SMILES string of the molecule is COc1cc(C(C)(C)C)c(O)cc1C1=N[C@@H](c2ccc(O)cc2)CN1C(=O)N1CCN(CC(=O)N(C)C)CC1. The van der Waals surface area contributed by atoms with Crippen LogP contribution in [0.3, 0.4) is 0 Å². The molecule has 3 amide bonds. The molecular weight excluding hydrogens is 498 g/mol. The van der Waals surface area contributed by atoms with Crippen LogP contribution in [0, 0.1) is 0 Å². The summed E-state index contributed by atoms with van der Waals surface area (Å²) >= 11 is 0. The molecule has 210 valence electrons. The highest BCUT2D eigenvalue weighted by Gasteiger charge is 2.37. The van der Waals surface area contributed by atoms with Gasteiger partial charge in [-0.05, 0) is 35.2 Å². The number of urea groups is 1. The number of carbonyl (C=O) groups excluding carboxylic acids is 2. The Hall–Kier alpha value is -3.79. The van der Waals surface area contributed by atoms with Crippen LogP contribution in [-0.2, 0) is 10.2 Å². The summed E-state index contributed by atoms with van der Waals surface area (Å²) in [4.78, 5) is 38.0. The molecule has 2 aromatic rings. The van der Waals surface area contributed by atoms with Crippen LogP contribution in [0.1, 0.15) is 43.5 Å². The molecular formula is C29H39N5O5. The zero-order valence-electron chi connectivity index (χ0n) is 23.6. The first-order valence-electron chi connectivity index (χ1n) is 13.2. The average Bonchev–Trinajstić information content (AvgIpc) is 3.33. The van der Waals surface area contributed by atoms with Crippen molar-refractivity contribution in [3.63, 3.8) is 0 Å². The summed E-state index contributed by atoms with van der Waals surface area (Å²) in [6.45, 7) is 8.82. The van der Waals surface area contributed by atoms with Crippen molar-refractivity contribution in [3.8, 4) is 17.2 Å². The number of phenolic OH excluding ortho intramolecular Hbond substituents is 2. The second kappa shape index (κ2) is 11.1. The molecule has 0 aliphatic carbocycles. The average molecular weight is 538 g/mol. The molecule has 2 heterocycles. The van der Waals surface area contributed by atoms with E-state index in [0.717, 1.165) is 11.1 Å². The summed E-state index contributed by atoms with van der Waals surface area (Å²) in [5, 5.41) is 20.7.